The Morgan fingerprint density at radius 1 is 0.632 bits per heavy atom. The SMILES string of the molecule is COc1c2cccc1C[n+]1cn(c3ccccc31)Cc1cccc(n1)Cn1c[n+](c3ccccc31)C2.[Br-].[Br-]. The number of hydrogen-bond acceptors (Lipinski definition) is 2. The number of methoxy groups -OCH3 is 1. The maximum Gasteiger partial charge on any atom is 0.245 e. The lowest BCUT2D eigenvalue weighted by Crippen LogP contribution is -3.00. The van der Waals surface area contributed by atoms with Crippen LogP contribution in [0.5, 0.6) is 5.75 Å². The van der Waals surface area contributed by atoms with Crippen LogP contribution in [-0.4, -0.2) is 21.2 Å². The van der Waals surface area contributed by atoms with Crippen LogP contribution in [0.15, 0.2) is 97.6 Å². The van der Waals surface area contributed by atoms with Crippen LogP contribution < -0.4 is 47.8 Å². The van der Waals surface area contributed by atoms with Gasteiger partial charge in [-0.05, 0) is 36.4 Å². The van der Waals surface area contributed by atoms with Crippen molar-refractivity contribution in [2.45, 2.75) is 26.2 Å². The monoisotopic (exact) mass is 631 g/mol. The number of benzene rings is 3. The van der Waals surface area contributed by atoms with Crippen LogP contribution >= 0.6 is 0 Å². The average molecular weight is 633 g/mol. The molecule has 6 aromatic rings. The van der Waals surface area contributed by atoms with Crippen LogP contribution in [0.3, 0.4) is 0 Å². The Bertz CT molecular complexity index is 1640. The number of ether oxygens (including phenoxy) is 1. The molecule has 6 nitrogen and oxygen atoms in total. The van der Waals surface area contributed by atoms with E-state index in [0.717, 1.165) is 30.2 Å². The molecule has 0 N–H and O–H groups in total. The van der Waals surface area contributed by atoms with Crippen LogP contribution in [0.2, 0.25) is 0 Å². The molecule has 4 heterocycles. The predicted molar refractivity (Wildman–Crippen MR) is 138 cm³/mol. The van der Waals surface area contributed by atoms with Crippen molar-refractivity contribution in [2.24, 2.45) is 0 Å². The van der Waals surface area contributed by atoms with Crippen molar-refractivity contribution in [3.63, 3.8) is 0 Å². The van der Waals surface area contributed by atoms with E-state index in [2.05, 4.69) is 116 Å². The summed E-state index contributed by atoms with van der Waals surface area (Å²) in [7, 11) is 1.78. The molecule has 0 radical (unpaired) electrons. The third kappa shape index (κ3) is 4.52. The van der Waals surface area contributed by atoms with Crippen LogP contribution in [0.25, 0.3) is 22.1 Å². The number of para-hydroxylation sites is 5. The molecule has 3 aromatic heterocycles. The minimum Gasteiger partial charge on any atom is -1.00 e. The molecular weight excluding hydrogens is 606 g/mol. The van der Waals surface area contributed by atoms with Crippen LogP contribution in [0, 0.1) is 0 Å². The van der Waals surface area contributed by atoms with Gasteiger partial charge in [-0.2, -0.15) is 0 Å². The number of halogens is 2. The molecule has 8 heteroatoms. The highest BCUT2D eigenvalue weighted by molar-refractivity contribution is 5.72. The van der Waals surface area contributed by atoms with Gasteiger partial charge in [0.05, 0.1) is 18.5 Å². The van der Waals surface area contributed by atoms with Gasteiger partial charge < -0.3 is 38.7 Å². The van der Waals surface area contributed by atoms with E-state index in [1.807, 2.05) is 0 Å². The van der Waals surface area contributed by atoms with Gasteiger partial charge in [-0.1, -0.05) is 48.5 Å². The first-order valence-corrected chi connectivity index (χ1v) is 12.3. The van der Waals surface area contributed by atoms with E-state index in [1.54, 1.807) is 7.11 Å². The van der Waals surface area contributed by atoms with Gasteiger partial charge in [0.2, 0.25) is 12.7 Å². The summed E-state index contributed by atoms with van der Waals surface area (Å²) in [5.41, 5.74) is 9.22. The number of fused-ring (bicyclic) bond motifs is 14. The predicted octanol–water partition coefficient (Wildman–Crippen LogP) is -1.91. The number of aromatic nitrogens is 5. The number of pyridine rings is 1. The lowest BCUT2D eigenvalue weighted by Gasteiger charge is -2.12. The molecule has 0 saturated heterocycles. The second-order valence-corrected chi connectivity index (χ2v) is 9.45. The highest BCUT2D eigenvalue weighted by Crippen LogP contribution is 2.25. The topological polar surface area (TPSA) is 39.7 Å². The third-order valence-corrected chi connectivity index (χ3v) is 7.15. The third-order valence-electron chi connectivity index (χ3n) is 7.15. The molecule has 1 aliphatic rings. The molecule has 38 heavy (non-hydrogen) atoms. The van der Waals surface area contributed by atoms with Gasteiger partial charge in [0, 0.05) is 11.1 Å². The molecule has 7 rings (SSSR count). The summed E-state index contributed by atoms with van der Waals surface area (Å²) < 4.78 is 15.2. The minimum absolute atomic E-state index is 0. The summed E-state index contributed by atoms with van der Waals surface area (Å²) in [5.74, 6) is 0.949. The average Bonchev–Trinajstić information content (AvgIpc) is 3.42. The Balaban J connectivity index is 0.00000147. The van der Waals surface area contributed by atoms with E-state index in [-0.39, 0.29) is 34.0 Å². The zero-order valence-electron chi connectivity index (χ0n) is 21.0. The van der Waals surface area contributed by atoms with Crippen molar-refractivity contribution in [3.8, 4) is 5.75 Å². The summed E-state index contributed by atoms with van der Waals surface area (Å²) in [6.45, 7) is 2.88. The molecular formula is C30H27Br2N5O. The smallest absolute Gasteiger partial charge is 0.245 e. The molecule has 0 spiro atoms. The number of imidazole rings is 2. The summed E-state index contributed by atoms with van der Waals surface area (Å²) >= 11 is 0. The Morgan fingerprint density at radius 2 is 1.11 bits per heavy atom. The van der Waals surface area contributed by atoms with Crippen LogP contribution in [0.1, 0.15) is 22.5 Å². The second-order valence-electron chi connectivity index (χ2n) is 9.45. The van der Waals surface area contributed by atoms with E-state index >= 15 is 0 Å². The van der Waals surface area contributed by atoms with E-state index in [0.29, 0.717) is 13.1 Å². The van der Waals surface area contributed by atoms with Crippen molar-refractivity contribution in [2.75, 3.05) is 7.11 Å². The lowest BCUT2D eigenvalue weighted by molar-refractivity contribution is -0.664. The quantitative estimate of drug-likeness (QED) is 0.198. The highest BCUT2D eigenvalue weighted by Gasteiger charge is 2.22. The maximum atomic E-state index is 6.03. The normalized spacial score (nSPS) is 12.6. The number of hydrogen-bond donors (Lipinski definition) is 0. The highest BCUT2D eigenvalue weighted by atomic mass is 79.9. The molecule has 192 valence electrons. The van der Waals surface area contributed by atoms with Gasteiger partial charge in [0.15, 0.2) is 22.1 Å². The van der Waals surface area contributed by atoms with E-state index < -0.39 is 0 Å². The van der Waals surface area contributed by atoms with Gasteiger partial charge in [0.1, 0.15) is 31.9 Å². The van der Waals surface area contributed by atoms with E-state index in [4.69, 9.17) is 9.72 Å². The van der Waals surface area contributed by atoms with Gasteiger partial charge in [-0.15, -0.1) is 0 Å². The number of nitrogens with zero attached hydrogens (tertiary/aromatic N) is 5. The van der Waals surface area contributed by atoms with Crippen molar-refractivity contribution in [3.05, 3.63) is 120 Å². The van der Waals surface area contributed by atoms with Crippen molar-refractivity contribution < 1.29 is 47.8 Å². The fraction of sp³-hybridized carbons (Fsp3) is 0.167. The van der Waals surface area contributed by atoms with Gasteiger partial charge in [-0.3, -0.25) is 0 Å². The summed E-state index contributed by atoms with van der Waals surface area (Å²) in [5, 5.41) is 0. The molecule has 0 unspecified atom stereocenters. The summed E-state index contributed by atoms with van der Waals surface area (Å²) in [6, 6.07) is 30.0. The molecule has 1 aliphatic heterocycles. The molecule has 0 fully saturated rings. The molecule has 0 amide bonds. The zero-order valence-corrected chi connectivity index (χ0v) is 24.1. The Morgan fingerprint density at radius 3 is 1.61 bits per heavy atom. The Labute approximate surface area is 242 Å². The minimum atomic E-state index is 0. The first-order chi connectivity index (χ1) is 17.8. The van der Waals surface area contributed by atoms with Gasteiger partial charge >= 0.3 is 0 Å². The molecule has 3 aromatic carbocycles. The maximum absolute atomic E-state index is 6.03. The van der Waals surface area contributed by atoms with E-state index in [1.165, 1.54) is 33.2 Å². The lowest BCUT2D eigenvalue weighted by atomic mass is 10.1. The largest absolute Gasteiger partial charge is 1.00 e. The molecule has 0 saturated carbocycles. The fourth-order valence-corrected chi connectivity index (χ4v) is 5.56. The first kappa shape index (κ1) is 26.1. The van der Waals surface area contributed by atoms with Crippen LogP contribution in [0.4, 0.5) is 0 Å². The molecule has 0 atom stereocenters. The number of rotatable bonds is 1. The Kier molecular flexibility index (Phi) is 7.36. The van der Waals surface area contributed by atoms with Crippen LogP contribution in [-0.2, 0) is 26.2 Å². The second kappa shape index (κ2) is 10.7. The van der Waals surface area contributed by atoms with Gasteiger partial charge in [0.25, 0.3) is 0 Å². The van der Waals surface area contributed by atoms with Gasteiger partial charge in [-0.25, -0.2) is 23.3 Å². The molecule has 8 bridgehead atoms. The summed E-state index contributed by atoms with van der Waals surface area (Å²) in [6.07, 6.45) is 4.41. The first-order valence-electron chi connectivity index (χ1n) is 12.3. The Hall–Kier alpha value is -3.49. The van der Waals surface area contributed by atoms with E-state index in [9.17, 15) is 0 Å². The fourth-order valence-electron chi connectivity index (χ4n) is 5.56. The zero-order chi connectivity index (χ0) is 24.1. The summed E-state index contributed by atoms with van der Waals surface area (Å²) in [4.78, 5) is 5.05. The standard InChI is InChI=1S/C30H27N5O.2BrH/c1-36-30-22-8-6-9-23(30)17-33-21-35(29-15-5-3-13-27(29)33)19-25-11-7-10-24(31-25)18-34-20-32(16-22)26-12-2-4-14-28(26)34;;/h2-15,20-21H,16-19H2,1H3;2*1H/q+2;;/p-2. The molecule has 0 aliphatic carbocycles. The van der Waals surface area contributed by atoms with Crippen molar-refractivity contribution >= 4 is 22.1 Å². The van der Waals surface area contributed by atoms with Crippen molar-refractivity contribution in [1.29, 1.82) is 0 Å². The van der Waals surface area contributed by atoms with Crippen molar-refractivity contribution in [1.82, 2.24) is 14.1 Å².